The number of nitriles is 1. The highest BCUT2D eigenvalue weighted by atomic mass is 16.5. The second kappa shape index (κ2) is 6.02. The second-order valence-corrected chi connectivity index (χ2v) is 5.49. The van der Waals surface area contributed by atoms with Gasteiger partial charge in [-0.25, -0.2) is 0 Å². The minimum absolute atomic E-state index is 0.285. The number of methoxy groups -OCH3 is 1. The van der Waals surface area contributed by atoms with Crippen LogP contribution in [0.2, 0.25) is 0 Å². The SMILES string of the molecule is COc1cccc(Oc2c(N)cc(C#N)n2C2CCCC2)c1. The van der Waals surface area contributed by atoms with Crippen LogP contribution in [0.1, 0.15) is 37.4 Å². The fraction of sp³-hybridized carbons (Fsp3) is 0.353. The molecule has 1 heterocycles. The van der Waals surface area contributed by atoms with Crippen LogP contribution < -0.4 is 15.2 Å². The molecule has 0 radical (unpaired) electrons. The Morgan fingerprint density at radius 2 is 1.95 bits per heavy atom. The van der Waals surface area contributed by atoms with E-state index in [-0.39, 0.29) is 6.04 Å². The van der Waals surface area contributed by atoms with Gasteiger partial charge in [0.2, 0.25) is 5.88 Å². The Bertz CT molecular complexity index is 709. The van der Waals surface area contributed by atoms with Crippen LogP contribution in [0.5, 0.6) is 17.4 Å². The van der Waals surface area contributed by atoms with E-state index in [0.29, 0.717) is 23.0 Å². The lowest BCUT2D eigenvalue weighted by Gasteiger charge is -2.18. The van der Waals surface area contributed by atoms with Crippen LogP contribution in [0.3, 0.4) is 0 Å². The number of nitrogens with two attached hydrogens (primary N) is 1. The zero-order valence-corrected chi connectivity index (χ0v) is 12.6. The number of nitrogen functional groups attached to an aromatic ring is 1. The van der Waals surface area contributed by atoms with Gasteiger partial charge in [-0.05, 0) is 25.0 Å². The molecule has 22 heavy (non-hydrogen) atoms. The predicted molar refractivity (Wildman–Crippen MR) is 84.1 cm³/mol. The van der Waals surface area contributed by atoms with Crippen molar-refractivity contribution in [2.45, 2.75) is 31.7 Å². The molecule has 2 N–H and O–H groups in total. The van der Waals surface area contributed by atoms with Crippen LogP contribution in [0.25, 0.3) is 0 Å². The second-order valence-electron chi connectivity index (χ2n) is 5.49. The van der Waals surface area contributed by atoms with Gasteiger partial charge in [-0.1, -0.05) is 18.9 Å². The third-order valence-electron chi connectivity index (χ3n) is 4.08. The highest BCUT2D eigenvalue weighted by Gasteiger charge is 2.25. The van der Waals surface area contributed by atoms with Gasteiger partial charge in [0.15, 0.2) is 0 Å². The first-order valence-corrected chi connectivity index (χ1v) is 7.45. The van der Waals surface area contributed by atoms with E-state index in [2.05, 4.69) is 6.07 Å². The highest BCUT2D eigenvalue weighted by Crippen LogP contribution is 2.40. The summed E-state index contributed by atoms with van der Waals surface area (Å²) in [6.07, 6.45) is 4.45. The molecule has 1 saturated carbocycles. The molecular formula is C17H19N3O2. The summed E-state index contributed by atoms with van der Waals surface area (Å²) in [4.78, 5) is 0. The fourth-order valence-electron chi connectivity index (χ4n) is 3.02. The van der Waals surface area contributed by atoms with E-state index < -0.39 is 0 Å². The predicted octanol–water partition coefficient (Wildman–Crippen LogP) is 3.86. The Labute approximate surface area is 129 Å². The van der Waals surface area contributed by atoms with Crippen LogP contribution in [0, 0.1) is 11.3 Å². The molecule has 114 valence electrons. The van der Waals surface area contributed by atoms with Gasteiger partial charge in [0.05, 0.1) is 12.8 Å². The molecule has 0 bridgehead atoms. The van der Waals surface area contributed by atoms with Gasteiger partial charge in [-0.15, -0.1) is 0 Å². The number of anilines is 1. The average molecular weight is 297 g/mol. The first-order chi connectivity index (χ1) is 10.7. The number of aromatic nitrogens is 1. The van der Waals surface area contributed by atoms with Crippen molar-refractivity contribution >= 4 is 5.69 Å². The quantitative estimate of drug-likeness (QED) is 0.930. The molecule has 1 aromatic carbocycles. The Morgan fingerprint density at radius 3 is 2.64 bits per heavy atom. The van der Waals surface area contributed by atoms with Crippen molar-refractivity contribution in [3.63, 3.8) is 0 Å². The van der Waals surface area contributed by atoms with Crippen molar-refractivity contribution in [3.8, 4) is 23.4 Å². The Kier molecular flexibility index (Phi) is 3.92. The average Bonchev–Trinajstić information content (AvgIpc) is 3.16. The van der Waals surface area contributed by atoms with Crippen molar-refractivity contribution < 1.29 is 9.47 Å². The normalized spacial score (nSPS) is 14.7. The standard InChI is InChI=1S/C17H19N3O2/c1-21-14-7-4-8-15(10-14)22-17-16(19)9-13(11-18)20(17)12-5-2-3-6-12/h4,7-10,12H,2-3,5-6,19H2,1H3. The minimum Gasteiger partial charge on any atom is -0.497 e. The smallest absolute Gasteiger partial charge is 0.224 e. The van der Waals surface area contributed by atoms with Crippen LogP contribution in [-0.2, 0) is 0 Å². The molecular weight excluding hydrogens is 278 g/mol. The van der Waals surface area contributed by atoms with Crippen LogP contribution >= 0.6 is 0 Å². The van der Waals surface area contributed by atoms with Gasteiger partial charge in [0, 0.05) is 18.2 Å². The molecule has 5 heteroatoms. The van der Waals surface area contributed by atoms with E-state index in [4.69, 9.17) is 15.2 Å². The van der Waals surface area contributed by atoms with Crippen LogP contribution in [-0.4, -0.2) is 11.7 Å². The summed E-state index contributed by atoms with van der Waals surface area (Å²) in [6, 6.07) is 11.6. The van der Waals surface area contributed by atoms with Gasteiger partial charge in [-0.2, -0.15) is 5.26 Å². The molecule has 5 nitrogen and oxygen atoms in total. The number of ether oxygens (including phenoxy) is 2. The number of benzene rings is 1. The topological polar surface area (TPSA) is 73.2 Å². The van der Waals surface area contributed by atoms with E-state index in [1.807, 2.05) is 22.8 Å². The zero-order chi connectivity index (χ0) is 15.5. The fourth-order valence-corrected chi connectivity index (χ4v) is 3.02. The lowest BCUT2D eigenvalue weighted by atomic mass is 10.2. The van der Waals surface area contributed by atoms with Crippen molar-refractivity contribution in [3.05, 3.63) is 36.0 Å². The van der Waals surface area contributed by atoms with Crippen LogP contribution in [0.4, 0.5) is 5.69 Å². The van der Waals surface area contributed by atoms with Crippen molar-refractivity contribution in [2.24, 2.45) is 0 Å². The monoisotopic (exact) mass is 297 g/mol. The van der Waals surface area contributed by atoms with Crippen molar-refractivity contribution in [1.29, 1.82) is 5.26 Å². The van der Waals surface area contributed by atoms with E-state index >= 15 is 0 Å². The molecule has 3 rings (SSSR count). The molecule has 1 aliphatic rings. The summed E-state index contributed by atoms with van der Waals surface area (Å²) >= 11 is 0. The molecule has 0 aliphatic heterocycles. The van der Waals surface area contributed by atoms with E-state index in [1.54, 1.807) is 19.2 Å². The van der Waals surface area contributed by atoms with Crippen LogP contribution in [0.15, 0.2) is 30.3 Å². The molecule has 2 aromatic rings. The van der Waals surface area contributed by atoms with Gasteiger partial charge in [-0.3, -0.25) is 4.57 Å². The third-order valence-corrected chi connectivity index (χ3v) is 4.08. The molecule has 0 unspecified atom stereocenters. The largest absolute Gasteiger partial charge is 0.497 e. The molecule has 0 atom stereocenters. The first kappa shape index (κ1) is 14.3. The highest BCUT2D eigenvalue weighted by molar-refractivity contribution is 5.57. The molecule has 0 saturated heterocycles. The van der Waals surface area contributed by atoms with Gasteiger partial charge < -0.3 is 15.2 Å². The molecule has 1 aromatic heterocycles. The summed E-state index contributed by atoms with van der Waals surface area (Å²) in [5, 5.41) is 9.36. The van der Waals surface area contributed by atoms with Gasteiger partial charge in [0.25, 0.3) is 0 Å². The molecule has 0 amide bonds. The summed E-state index contributed by atoms with van der Waals surface area (Å²) in [6.45, 7) is 0. The number of hydrogen-bond donors (Lipinski definition) is 1. The molecule has 1 fully saturated rings. The summed E-state index contributed by atoms with van der Waals surface area (Å²) in [5.74, 6) is 1.92. The summed E-state index contributed by atoms with van der Waals surface area (Å²) in [7, 11) is 1.61. The Hall–Kier alpha value is -2.61. The maximum absolute atomic E-state index is 9.36. The zero-order valence-electron chi connectivity index (χ0n) is 12.6. The molecule has 0 spiro atoms. The summed E-state index contributed by atoms with van der Waals surface area (Å²) < 4.78 is 13.1. The lowest BCUT2D eigenvalue weighted by Crippen LogP contribution is -2.09. The Morgan fingerprint density at radius 1 is 1.23 bits per heavy atom. The van der Waals surface area contributed by atoms with Gasteiger partial charge >= 0.3 is 0 Å². The van der Waals surface area contributed by atoms with E-state index in [9.17, 15) is 5.26 Å². The number of rotatable bonds is 4. The maximum atomic E-state index is 9.36. The minimum atomic E-state index is 0.285. The van der Waals surface area contributed by atoms with E-state index in [1.165, 1.54) is 12.8 Å². The van der Waals surface area contributed by atoms with Crippen molar-refractivity contribution in [1.82, 2.24) is 4.57 Å². The first-order valence-electron chi connectivity index (χ1n) is 7.45. The number of nitrogens with zero attached hydrogens (tertiary/aromatic N) is 2. The lowest BCUT2D eigenvalue weighted by molar-refractivity contribution is 0.385. The number of hydrogen-bond acceptors (Lipinski definition) is 4. The van der Waals surface area contributed by atoms with E-state index in [0.717, 1.165) is 18.6 Å². The molecule has 1 aliphatic carbocycles. The maximum Gasteiger partial charge on any atom is 0.224 e. The van der Waals surface area contributed by atoms with Crippen molar-refractivity contribution in [2.75, 3.05) is 12.8 Å². The Balaban J connectivity index is 1.98. The summed E-state index contributed by atoms with van der Waals surface area (Å²) in [5.41, 5.74) is 7.13. The third kappa shape index (κ3) is 2.60. The van der Waals surface area contributed by atoms with Gasteiger partial charge in [0.1, 0.15) is 23.3 Å².